The number of carbonyl (C=O) groups is 2. The number of hydrogen-bond acceptors (Lipinski definition) is 6. The predicted octanol–water partition coefficient (Wildman–Crippen LogP) is 3.55. The molecule has 1 aromatic heterocycles. The van der Waals surface area contributed by atoms with Gasteiger partial charge in [-0.3, -0.25) is 10.1 Å². The Morgan fingerprint density at radius 3 is 2.50 bits per heavy atom. The predicted molar refractivity (Wildman–Crippen MR) is 107 cm³/mol. The number of nitrogens with one attached hydrogen (secondary N) is 2. The fourth-order valence-electron chi connectivity index (χ4n) is 2.31. The third kappa shape index (κ3) is 5.43. The maximum atomic E-state index is 12.2. The number of imide groups is 1. The summed E-state index contributed by atoms with van der Waals surface area (Å²) in [6.07, 6.45) is 0. The molecule has 0 saturated carbocycles. The fraction of sp³-hybridized carbons (Fsp3) is 0.200. The summed E-state index contributed by atoms with van der Waals surface area (Å²) in [4.78, 5) is 24.1. The molecule has 2 N–H and O–H groups in total. The highest BCUT2D eigenvalue weighted by Crippen LogP contribution is 2.26. The van der Waals surface area contributed by atoms with E-state index in [9.17, 15) is 9.59 Å². The van der Waals surface area contributed by atoms with Gasteiger partial charge in [-0.25, -0.2) is 4.79 Å². The Morgan fingerprint density at radius 2 is 1.79 bits per heavy atom. The summed E-state index contributed by atoms with van der Waals surface area (Å²) in [5.74, 6) is -0.0543. The lowest BCUT2D eigenvalue weighted by molar-refractivity contribution is -0.119. The Bertz CT molecular complexity index is 942. The van der Waals surface area contributed by atoms with Gasteiger partial charge in [0.15, 0.2) is 0 Å². The second kappa shape index (κ2) is 9.18. The molecule has 3 amide bonds. The molecule has 3 rings (SSSR count). The van der Waals surface area contributed by atoms with Crippen molar-refractivity contribution in [2.45, 2.75) is 30.9 Å². The summed E-state index contributed by atoms with van der Waals surface area (Å²) in [5.41, 5.74) is 2.89. The van der Waals surface area contributed by atoms with Crippen molar-refractivity contribution in [1.82, 2.24) is 20.8 Å². The Labute approximate surface area is 166 Å². The highest BCUT2D eigenvalue weighted by molar-refractivity contribution is 8.00. The molecule has 0 aliphatic rings. The lowest BCUT2D eigenvalue weighted by Gasteiger charge is -2.10. The molecule has 8 heteroatoms. The number of aryl methyl sites for hydroxylation is 1. The maximum Gasteiger partial charge on any atom is 0.321 e. The molecule has 1 heterocycles. The fourth-order valence-corrected chi connectivity index (χ4v) is 2.99. The average Bonchev–Trinajstić information content (AvgIpc) is 3.16. The van der Waals surface area contributed by atoms with E-state index in [1.54, 1.807) is 6.92 Å². The van der Waals surface area contributed by atoms with E-state index >= 15 is 0 Å². The summed E-state index contributed by atoms with van der Waals surface area (Å²) in [6, 6.07) is 16.6. The lowest BCUT2D eigenvalue weighted by atomic mass is 10.1. The van der Waals surface area contributed by atoms with E-state index in [2.05, 4.69) is 20.8 Å². The molecule has 0 aliphatic heterocycles. The zero-order valence-corrected chi connectivity index (χ0v) is 16.3. The van der Waals surface area contributed by atoms with Crippen molar-refractivity contribution in [3.63, 3.8) is 0 Å². The zero-order valence-electron chi connectivity index (χ0n) is 15.5. The molecule has 28 heavy (non-hydrogen) atoms. The number of amides is 3. The van der Waals surface area contributed by atoms with Crippen molar-refractivity contribution in [3.05, 3.63) is 65.7 Å². The first-order chi connectivity index (χ1) is 13.5. The number of benzene rings is 2. The van der Waals surface area contributed by atoms with Gasteiger partial charge in [0.25, 0.3) is 5.22 Å². The minimum Gasteiger partial charge on any atom is -0.411 e. The molecule has 2 aromatic carbocycles. The highest BCUT2D eigenvalue weighted by atomic mass is 32.2. The normalized spacial score (nSPS) is 11.6. The van der Waals surface area contributed by atoms with Crippen LogP contribution in [-0.2, 0) is 11.3 Å². The van der Waals surface area contributed by atoms with E-state index in [-0.39, 0.29) is 5.22 Å². The summed E-state index contributed by atoms with van der Waals surface area (Å²) in [5, 5.41) is 12.6. The molecular formula is C20H20N4O3S. The minimum atomic E-state index is -0.575. The van der Waals surface area contributed by atoms with E-state index in [4.69, 9.17) is 4.42 Å². The van der Waals surface area contributed by atoms with Crippen LogP contribution < -0.4 is 10.6 Å². The van der Waals surface area contributed by atoms with Crippen molar-refractivity contribution in [2.75, 3.05) is 0 Å². The largest absolute Gasteiger partial charge is 0.411 e. The second-order valence-corrected chi connectivity index (χ2v) is 7.45. The van der Waals surface area contributed by atoms with Crippen molar-refractivity contribution < 1.29 is 14.0 Å². The molecule has 0 spiro atoms. The average molecular weight is 396 g/mol. The third-order valence-corrected chi connectivity index (χ3v) is 4.82. The van der Waals surface area contributed by atoms with Crippen LogP contribution in [0.15, 0.2) is 64.2 Å². The number of carbonyl (C=O) groups excluding carboxylic acids is 2. The van der Waals surface area contributed by atoms with Crippen molar-refractivity contribution in [1.29, 1.82) is 0 Å². The number of rotatable bonds is 6. The molecule has 144 valence electrons. The van der Waals surface area contributed by atoms with Crippen LogP contribution in [0, 0.1) is 6.92 Å². The van der Waals surface area contributed by atoms with Crippen molar-refractivity contribution in [2.24, 2.45) is 0 Å². The van der Waals surface area contributed by atoms with E-state index in [1.807, 2.05) is 61.5 Å². The standard InChI is InChI=1S/C20H20N4O3S/c1-13-8-10-16(11-9-13)18-23-24-20(27-18)28-14(2)17(25)22-19(26)21-12-15-6-4-3-5-7-15/h3-11,14H,12H2,1-2H3,(H2,21,22,25,26)/t14-/m1/s1. The van der Waals surface area contributed by atoms with Crippen LogP contribution in [0.2, 0.25) is 0 Å². The first-order valence-corrected chi connectivity index (χ1v) is 9.59. The molecular weight excluding hydrogens is 376 g/mol. The minimum absolute atomic E-state index is 0.267. The highest BCUT2D eigenvalue weighted by Gasteiger charge is 2.20. The quantitative estimate of drug-likeness (QED) is 0.619. The van der Waals surface area contributed by atoms with Crippen LogP contribution in [0.1, 0.15) is 18.1 Å². The van der Waals surface area contributed by atoms with Gasteiger partial charge in [0, 0.05) is 12.1 Å². The van der Waals surface area contributed by atoms with Crippen LogP contribution in [0.5, 0.6) is 0 Å². The first kappa shape index (κ1) is 19.6. The van der Waals surface area contributed by atoms with Gasteiger partial charge in [-0.1, -0.05) is 59.8 Å². The SMILES string of the molecule is Cc1ccc(-c2nnc(S[C@H](C)C(=O)NC(=O)NCc3ccccc3)o2)cc1. The van der Waals surface area contributed by atoms with Gasteiger partial charge in [0.05, 0.1) is 5.25 Å². The van der Waals surface area contributed by atoms with E-state index in [0.29, 0.717) is 12.4 Å². The molecule has 7 nitrogen and oxygen atoms in total. The van der Waals surface area contributed by atoms with Crippen LogP contribution in [0.4, 0.5) is 4.79 Å². The van der Waals surface area contributed by atoms with Crippen molar-refractivity contribution in [3.8, 4) is 11.5 Å². The van der Waals surface area contributed by atoms with Gasteiger partial charge in [0.2, 0.25) is 11.8 Å². The van der Waals surface area contributed by atoms with Gasteiger partial charge in [-0.15, -0.1) is 10.2 Å². The van der Waals surface area contributed by atoms with Gasteiger partial charge < -0.3 is 9.73 Å². The van der Waals surface area contributed by atoms with Crippen LogP contribution in [0.25, 0.3) is 11.5 Å². The molecule has 0 radical (unpaired) electrons. The number of aromatic nitrogens is 2. The summed E-state index contributed by atoms with van der Waals surface area (Å²) in [7, 11) is 0. The number of nitrogens with zero attached hydrogens (tertiary/aromatic N) is 2. The molecule has 3 aromatic rings. The van der Waals surface area contributed by atoms with E-state index < -0.39 is 17.2 Å². The molecule has 0 aliphatic carbocycles. The molecule has 0 unspecified atom stereocenters. The van der Waals surface area contributed by atoms with Gasteiger partial charge >= 0.3 is 6.03 Å². The van der Waals surface area contributed by atoms with Gasteiger partial charge in [-0.2, -0.15) is 0 Å². The topological polar surface area (TPSA) is 97.1 Å². The number of urea groups is 1. The third-order valence-electron chi connectivity index (χ3n) is 3.88. The molecule has 0 fully saturated rings. The first-order valence-electron chi connectivity index (χ1n) is 8.71. The monoisotopic (exact) mass is 396 g/mol. The zero-order chi connectivity index (χ0) is 19.9. The van der Waals surface area contributed by atoms with Crippen LogP contribution in [0.3, 0.4) is 0 Å². The molecule has 1 atom stereocenters. The van der Waals surface area contributed by atoms with Crippen molar-refractivity contribution >= 4 is 23.7 Å². The van der Waals surface area contributed by atoms with E-state index in [0.717, 1.165) is 28.5 Å². The summed E-state index contributed by atoms with van der Waals surface area (Å²) in [6.45, 7) is 4.00. The maximum absolute atomic E-state index is 12.2. The van der Waals surface area contributed by atoms with E-state index in [1.165, 1.54) is 0 Å². The molecule has 0 saturated heterocycles. The summed E-state index contributed by atoms with van der Waals surface area (Å²) < 4.78 is 5.60. The van der Waals surface area contributed by atoms with Gasteiger partial charge in [-0.05, 0) is 31.5 Å². The Hall–Kier alpha value is -3.13. The number of thioether (sulfide) groups is 1. The smallest absolute Gasteiger partial charge is 0.321 e. The lowest BCUT2D eigenvalue weighted by Crippen LogP contribution is -2.42. The second-order valence-electron chi connectivity index (χ2n) is 6.16. The Balaban J connectivity index is 1.50. The summed E-state index contributed by atoms with van der Waals surface area (Å²) >= 11 is 1.09. The van der Waals surface area contributed by atoms with Crippen LogP contribution in [-0.4, -0.2) is 27.4 Å². The Morgan fingerprint density at radius 1 is 1.07 bits per heavy atom. The molecule has 0 bridgehead atoms. The van der Waals surface area contributed by atoms with Crippen LogP contribution >= 0.6 is 11.8 Å². The Kier molecular flexibility index (Phi) is 6.44. The number of hydrogen-bond donors (Lipinski definition) is 2. The van der Waals surface area contributed by atoms with Gasteiger partial charge in [0.1, 0.15) is 0 Å².